The molecule has 1 unspecified atom stereocenters. The molecule has 1 N–H and O–H groups in total. The Morgan fingerprint density at radius 2 is 2.12 bits per heavy atom. The Bertz CT molecular complexity index is 843. The van der Waals surface area contributed by atoms with E-state index in [1.165, 1.54) is 17.0 Å². The van der Waals surface area contributed by atoms with E-state index in [-0.39, 0.29) is 24.8 Å². The topological polar surface area (TPSA) is 59.4 Å². The standard InChI is InChI=1S/C17H19F3N4O2/c1-11-10-24(7-4-21-11)16-17(25)23(6-5-22-16)8-9-26-13-3-2-12(18)14(19)15(13)20/h2-3,5-6,11,21H,4,7-10H2,1H3. The minimum absolute atomic E-state index is 0.0800. The molecule has 1 aliphatic heterocycles. The zero-order valence-electron chi connectivity index (χ0n) is 14.2. The smallest absolute Gasteiger partial charge is 0.293 e. The van der Waals surface area contributed by atoms with E-state index in [0.717, 1.165) is 18.7 Å². The van der Waals surface area contributed by atoms with Gasteiger partial charge in [0.2, 0.25) is 5.82 Å². The fourth-order valence-electron chi connectivity index (χ4n) is 2.83. The molecule has 9 heteroatoms. The lowest BCUT2D eigenvalue weighted by molar-refractivity contribution is 0.275. The van der Waals surface area contributed by atoms with Crippen molar-refractivity contribution < 1.29 is 17.9 Å². The lowest BCUT2D eigenvalue weighted by atomic mass is 10.2. The number of benzene rings is 1. The number of rotatable bonds is 5. The summed E-state index contributed by atoms with van der Waals surface area (Å²) in [6.07, 6.45) is 3.02. The SMILES string of the molecule is CC1CN(c2nccn(CCOc3ccc(F)c(F)c3F)c2=O)CCN1. The number of aromatic nitrogens is 2. The number of anilines is 1. The number of ether oxygens (including phenoxy) is 1. The van der Waals surface area contributed by atoms with E-state index in [4.69, 9.17) is 4.74 Å². The predicted molar refractivity (Wildman–Crippen MR) is 90.0 cm³/mol. The summed E-state index contributed by atoms with van der Waals surface area (Å²) >= 11 is 0. The molecule has 1 aromatic heterocycles. The Morgan fingerprint density at radius 1 is 1.31 bits per heavy atom. The first-order valence-corrected chi connectivity index (χ1v) is 8.27. The van der Waals surface area contributed by atoms with E-state index in [1.807, 2.05) is 11.8 Å². The van der Waals surface area contributed by atoms with Crippen molar-refractivity contribution in [3.05, 3.63) is 52.3 Å². The summed E-state index contributed by atoms with van der Waals surface area (Å²) in [5, 5.41) is 3.29. The molecule has 1 atom stereocenters. The molecule has 0 spiro atoms. The normalized spacial score (nSPS) is 17.4. The highest BCUT2D eigenvalue weighted by molar-refractivity contribution is 5.36. The molecule has 1 fully saturated rings. The average Bonchev–Trinajstić information content (AvgIpc) is 2.63. The predicted octanol–water partition coefficient (Wildman–Crippen LogP) is 1.54. The third-order valence-electron chi connectivity index (χ3n) is 4.15. The van der Waals surface area contributed by atoms with E-state index in [9.17, 15) is 18.0 Å². The largest absolute Gasteiger partial charge is 0.489 e. The van der Waals surface area contributed by atoms with Crippen molar-refractivity contribution in [1.82, 2.24) is 14.9 Å². The fraction of sp³-hybridized carbons (Fsp3) is 0.412. The molecule has 3 rings (SSSR count). The second kappa shape index (κ2) is 7.77. The van der Waals surface area contributed by atoms with Gasteiger partial charge in [-0.2, -0.15) is 4.39 Å². The first-order chi connectivity index (χ1) is 12.5. The minimum Gasteiger partial charge on any atom is -0.489 e. The maximum Gasteiger partial charge on any atom is 0.293 e. The Hall–Kier alpha value is -2.55. The highest BCUT2D eigenvalue weighted by Crippen LogP contribution is 2.21. The zero-order valence-corrected chi connectivity index (χ0v) is 14.2. The quantitative estimate of drug-likeness (QED) is 0.812. The lowest BCUT2D eigenvalue weighted by Gasteiger charge is -2.32. The van der Waals surface area contributed by atoms with Crippen LogP contribution < -0.4 is 20.5 Å². The van der Waals surface area contributed by atoms with Crippen molar-refractivity contribution in [3.8, 4) is 5.75 Å². The molecule has 140 valence electrons. The molecule has 1 saturated heterocycles. The van der Waals surface area contributed by atoms with Crippen molar-refractivity contribution in [2.24, 2.45) is 0 Å². The van der Waals surface area contributed by atoms with Crippen LogP contribution in [0.1, 0.15) is 6.92 Å². The van der Waals surface area contributed by atoms with Gasteiger partial charge in [0.25, 0.3) is 5.56 Å². The maximum atomic E-state index is 13.6. The van der Waals surface area contributed by atoms with Gasteiger partial charge in [-0.05, 0) is 19.1 Å². The molecular weight excluding hydrogens is 349 g/mol. The van der Waals surface area contributed by atoms with E-state index in [2.05, 4.69) is 10.3 Å². The monoisotopic (exact) mass is 368 g/mol. The number of piperazine rings is 1. The van der Waals surface area contributed by atoms with Gasteiger partial charge in [-0.3, -0.25) is 4.79 Å². The molecule has 0 aliphatic carbocycles. The number of halogens is 3. The van der Waals surface area contributed by atoms with Gasteiger partial charge in [-0.15, -0.1) is 0 Å². The van der Waals surface area contributed by atoms with Gasteiger partial charge >= 0.3 is 0 Å². The van der Waals surface area contributed by atoms with Crippen LogP contribution in [0.4, 0.5) is 19.0 Å². The molecule has 0 bridgehead atoms. The Balaban J connectivity index is 1.68. The van der Waals surface area contributed by atoms with E-state index in [1.54, 1.807) is 0 Å². The van der Waals surface area contributed by atoms with Gasteiger partial charge in [0, 0.05) is 38.1 Å². The number of hydrogen-bond donors (Lipinski definition) is 1. The van der Waals surface area contributed by atoms with Gasteiger partial charge in [-0.25, -0.2) is 13.8 Å². The number of nitrogens with zero attached hydrogens (tertiary/aromatic N) is 3. The van der Waals surface area contributed by atoms with Crippen molar-refractivity contribution in [2.75, 3.05) is 31.1 Å². The van der Waals surface area contributed by atoms with Gasteiger partial charge in [0.1, 0.15) is 6.61 Å². The lowest BCUT2D eigenvalue weighted by Crippen LogP contribution is -2.51. The summed E-state index contributed by atoms with van der Waals surface area (Å²) in [5.74, 6) is -4.31. The zero-order chi connectivity index (χ0) is 18.7. The Morgan fingerprint density at radius 3 is 2.88 bits per heavy atom. The summed E-state index contributed by atoms with van der Waals surface area (Å²) in [4.78, 5) is 18.7. The first kappa shape index (κ1) is 18.2. The summed E-state index contributed by atoms with van der Waals surface area (Å²) in [7, 11) is 0. The molecule has 0 saturated carbocycles. The molecule has 0 radical (unpaired) electrons. The fourth-order valence-corrected chi connectivity index (χ4v) is 2.83. The number of nitrogens with one attached hydrogen (secondary N) is 1. The summed E-state index contributed by atoms with van der Waals surface area (Å²) < 4.78 is 46.2. The van der Waals surface area contributed by atoms with E-state index in [0.29, 0.717) is 18.9 Å². The minimum atomic E-state index is -1.58. The summed E-state index contributed by atoms with van der Waals surface area (Å²) in [6, 6.07) is 2.05. The van der Waals surface area contributed by atoms with E-state index < -0.39 is 23.2 Å². The van der Waals surface area contributed by atoms with Gasteiger partial charge in [-0.1, -0.05) is 0 Å². The maximum absolute atomic E-state index is 13.6. The van der Waals surface area contributed by atoms with Crippen LogP contribution in [0.15, 0.2) is 29.3 Å². The van der Waals surface area contributed by atoms with Crippen molar-refractivity contribution in [1.29, 1.82) is 0 Å². The Kier molecular flexibility index (Phi) is 5.46. The van der Waals surface area contributed by atoms with Crippen LogP contribution in [0, 0.1) is 17.5 Å². The average molecular weight is 368 g/mol. The highest BCUT2D eigenvalue weighted by Gasteiger charge is 2.20. The van der Waals surface area contributed by atoms with Gasteiger partial charge in [0.15, 0.2) is 23.2 Å². The van der Waals surface area contributed by atoms with Crippen molar-refractivity contribution in [3.63, 3.8) is 0 Å². The van der Waals surface area contributed by atoms with Crippen LogP contribution in [0.3, 0.4) is 0 Å². The molecular formula is C17H19F3N4O2. The molecule has 1 aliphatic rings. The molecule has 2 aromatic rings. The first-order valence-electron chi connectivity index (χ1n) is 8.27. The summed E-state index contributed by atoms with van der Waals surface area (Å²) in [5.41, 5.74) is -0.282. The van der Waals surface area contributed by atoms with Crippen LogP contribution >= 0.6 is 0 Å². The van der Waals surface area contributed by atoms with Crippen LogP contribution in [0.25, 0.3) is 0 Å². The molecule has 26 heavy (non-hydrogen) atoms. The Labute approximate surface area is 148 Å². The third-order valence-corrected chi connectivity index (χ3v) is 4.15. The van der Waals surface area contributed by atoms with Crippen LogP contribution in [0.5, 0.6) is 5.75 Å². The molecule has 2 heterocycles. The summed E-state index contributed by atoms with van der Waals surface area (Å²) in [6.45, 7) is 4.17. The third kappa shape index (κ3) is 3.82. The van der Waals surface area contributed by atoms with Gasteiger partial charge in [0.05, 0.1) is 6.54 Å². The van der Waals surface area contributed by atoms with Crippen LogP contribution in [-0.4, -0.2) is 41.8 Å². The van der Waals surface area contributed by atoms with E-state index >= 15 is 0 Å². The van der Waals surface area contributed by atoms with Crippen LogP contribution in [0.2, 0.25) is 0 Å². The second-order valence-corrected chi connectivity index (χ2v) is 6.07. The molecule has 6 nitrogen and oxygen atoms in total. The van der Waals surface area contributed by atoms with Crippen molar-refractivity contribution >= 4 is 5.82 Å². The number of hydrogen-bond acceptors (Lipinski definition) is 5. The van der Waals surface area contributed by atoms with Crippen LogP contribution in [-0.2, 0) is 6.54 Å². The highest BCUT2D eigenvalue weighted by atomic mass is 19.2. The van der Waals surface area contributed by atoms with Crippen molar-refractivity contribution in [2.45, 2.75) is 19.5 Å². The molecule has 0 amide bonds. The second-order valence-electron chi connectivity index (χ2n) is 6.07. The molecule has 1 aromatic carbocycles. The van der Waals surface area contributed by atoms with Gasteiger partial charge < -0.3 is 19.5 Å².